The second-order valence-corrected chi connectivity index (χ2v) is 14.0. The number of phosphoric acid groups is 1. The molecule has 0 saturated heterocycles. The van der Waals surface area contributed by atoms with Crippen LogP contribution in [-0.2, 0) is 32.7 Å². The highest BCUT2D eigenvalue weighted by atomic mass is 31.2. The maximum atomic E-state index is 12.5. The lowest BCUT2D eigenvalue weighted by atomic mass is 10.1. The predicted molar refractivity (Wildman–Crippen MR) is 196 cm³/mol. The van der Waals surface area contributed by atoms with Gasteiger partial charge in [-0.3, -0.25) is 18.6 Å². The largest absolute Gasteiger partial charge is 0.472 e. The Kier molecular flexibility index (Phi) is 33.4. The summed E-state index contributed by atoms with van der Waals surface area (Å²) in [6, 6.07) is 0. The number of ether oxygens (including phenoxy) is 2. The molecule has 10 nitrogen and oxygen atoms in total. The van der Waals surface area contributed by atoms with E-state index in [1.165, 1.54) is 32.1 Å². The fourth-order valence-corrected chi connectivity index (χ4v) is 5.56. The van der Waals surface area contributed by atoms with Crippen molar-refractivity contribution in [2.24, 2.45) is 0 Å². The Balaban J connectivity index is 4.41. The summed E-state index contributed by atoms with van der Waals surface area (Å²) in [7, 11) is -4.61. The molecule has 0 saturated carbocycles. The Hall–Kier alpha value is -1.81. The zero-order valence-corrected chi connectivity index (χ0v) is 31.5. The van der Waals surface area contributed by atoms with Crippen molar-refractivity contribution in [3.63, 3.8) is 0 Å². The van der Waals surface area contributed by atoms with Gasteiger partial charge in [0.1, 0.15) is 12.7 Å². The van der Waals surface area contributed by atoms with Gasteiger partial charge in [0.2, 0.25) is 0 Å². The topological polar surface area (TPSA) is 149 Å². The first-order chi connectivity index (χ1) is 23.7. The number of hydrogen-bond acceptors (Lipinski definition) is 9. The van der Waals surface area contributed by atoms with Gasteiger partial charge in [0.05, 0.1) is 19.8 Å². The minimum absolute atomic E-state index is 0.166. The van der Waals surface area contributed by atoms with Gasteiger partial charge in [-0.1, -0.05) is 115 Å². The molecule has 0 heterocycles. The van der Waals surface area contributed by atoms with Gasteiger partial charge >= 0.3 is 19.8 Å². The average molecular weight is 717 g/mol. The normalized spacial score (nSPS) is 14.5. The molecule has 0 amide bonds. The van der Waals surface area contributed by atoms with Crippen molar-refractivity contribution in [3.8, 4) is 0 Å². The van der Waals surface area contributed by atoms with E-state index in [1.807, 2.05) is 0 Å². The molecule has 0 rings (SSSR count). The van der Waals surface area contributed by atoms with E-state index in [0.29, 0.717) is 12.8 Å². The van der Waals surface area contributed by atoms with Crippen LogP contribution in [0.15, 0.2) is 36.5 Å². The van der Waals surface area contributed by atoms with Gasteiger partial charge in [-0.25, -0.2) is 4.57 Å². The smallest absolute Gasteiger partial charge is 0.462 e. The monoisotopic (exact) mass is 716 g/mol. The summed E-state index contributed by atoms with van der Waals surface area (Å²) < 4.78 is 32.5. The van der Waals surface area contributed by atoms with Crippen molar-refractivity contribution in [3.05, 3.63) is 36.5 Å². The van der Waals surface area contributed by atoms with E-state index in [2.05, 4.69) is 54.8 Å². The third-order valence-electron chi connectivity index (χ3n) is 7.77. The predicted octanol–water partition coefficient (Wildman–Crippen LogP) is 9.22. The third kappa shape index (κ3) is 34.4. The van der Waals surface area contributed by atoms with Crippen LogP contribution in [0.2, 0.25) is 0 Å². The molecule has 0 aliphatic carbocycles. The molecule has 0 fully saturated rings. The fraction of sp³-hybridized carbons (Fsp3) is 0.789. The molecule has 0 bridgehead atoms. The van der Waals surface area contributed by atoms with Gasteiger partial charge in [-0.15, -0.1) is 0 Å². The zero-order valence-electron chi connectivity index (χ0n) is 30.7. The van der Waals surface area contributed by atoms with E-state index in [1.54, 1.807) is 0 Å². The summed E-state index contributed by atoms with van der Waals surface area (Å²) in [5.74, 6) is -0.956. The molecule has 0 aromatic carbocycles. The lowest BCUT2D eigenvalue weighted by molar-refractivity contribution is -0.161. The summed E-state index contributed by atoms with van der Waals surface area (Å²) in [6.07, 6.45) is 32.6. The standard InChI is InChI=1S/C38H69O10P/c1-3-5-7-9-11-13-15-16-17-18-20-22-24-26-28-30-38(42)48-36(34-47-49(43,44)46-32-35(40)31-39)33-45-37(41)29-27-25-23-21-19-14-12-10-8-6-4-2/h10-13,16-17,35-36,39-40H,3-9,14-15,18-34H2,1-2H3,(H,43,44)/b12-10+,13-11+,17-16+/t35-,36+/m0/s1. The Morgan fingerprint density at radius 2 is 1.08 bits per heavy atom. The van der Waals surface area contributed by atoms with Gasteiger partial charge < -0.3 is 24.6 Å². The molecular formula is C38H69O10P. The Labute approximate surface area is 297 Å². The summed E-state index contributed by atoms with van der Waals surface area (Å²) in [5.41, 5.74) is 0. The van der Waals surface area contributed by atoms with Crippen LogP contribution in [0.5, 0.6) is 0 Å². The van der Waals surface area contributed by atoms with E-state index >= 15 is 0 Å². The number of allylic oxidation sites excluding steroid dienone is 6. The van der Waals surface area contributed by atoms with Crippen LogP contribution in [0.25, 0.3) is 0 Å². The second kappa shape index (κ2) is 34.6. The van der Waals surface area contributed by atoms with Crippen LogP contribution in [0.4, 0.5) is 0 Å². The van der Waals surface area contributed by atoms with Crippen LogP contribution >= 0.6 is 7.82 Å². The van der Waals surface area contributed by atoms with E-state index in [4.69, 9.17) is 19.1 Å². The van der Waals surface area contributed by atoms with Crippen molar-refractivity contribution < 1.29 is 47.8 Å². The molecule has 0 spiro atoms. The molecule has 286 valence electrons. The highest BCUT2D eigenvalue weighted by molar-refractivity contribution is 7.47. The van der Waals surface area contributed by atoms with Crippen molar-refractivity contribution in [2.45, 2.75) is 167 Å². The molecule has 1 unspecified atom stereocenters. The van der Waals surface area contributed by atoms with Crippen LogP contribution in [0, 0.1) is 0 Å². The fourth-order valence-electron chi connectivity index (χ4n) is 4.77. The van der Waals surface area contributed by atoms with Crippen LogP contribution < -0.4 is 0 Å². The number of phosphoric ester groups is 1. The summed E-state index contributed by atoms with van der Waals surface area (Å²) in [5, 5.41) is 18.3. The first-order valence-corrected chi connectivity index (χ1v) is 20.4. The molecule has 0 aromatic heterocycles. The van der Waals surface area contributed by atoms with Crippen molar-refractivity contribution in [2.75, 3.05) is 26.4 Å². The summed E-state index contributed by atoms with van der Waals surface area (Å²) in [6.45, 7) is 2.26. The summed E-state index contributed by atoms with van der Waals surface area (Å²) >= 11 is 0. The van der Waals surface area contributed by atoms with Crippen molar-refractivity contribution in [1.29, 1.82) is 0 Å². The van der Waals surface area contributed by atoms with E-state index in [9.17, 15) is 24.2 Å². The molecule has 49 heavy (non-hydrogen) atoms. The van der Waals surface area contributed by atoms with Crippen LogP contribution in [0.3, 0.4) is 0 Å². The molecule has 0 aromatic rings. The van der Waals surface area contributed by atoms with E-state index < -0.39 is 51.8 Å². The molecule has 3 N–H and O–H groups in total. The third-order valence-corrected chi connectivity index (χ3v) is 8.72. The van der Waals surface area contributed by atoms with Crippen molar-refractivity contribution >= 4 is 19.8 Å². The number of carbonyl (C=O) groups is 2. The minimum atomic E-state index is -4.61. The molecule has 0 aliphatic rings. The summed E-state index contributed by atoms with van der Waals surface area (Å²) in [4.78, 5) is 34.8. The lowest BCUT2D eigenvalue weighted by Crippen LogP contribution is -2.29. The zero-order chi connectivity index (χ0) is 36.3. The van der Waals surface area contributed by atoms with Crippen LogP contribution in [-0.4, -0.2) is 65.7 Å². The highest BCUT2D eigenvalue weighted by Crippen LogP contribution is 2.43. The highest BCUT2D eigenvalue weighted by Gasteiger charge is 2.27. The van der Waals surface area contributed by atoms with Crippen molar-refractivity contribution in [1.82, 2.24) is 0 Å². The maximum absolute atomic E-state index is 12.5. The van der Waals surface area contributed by atoms with Gasteiger partial charge in [0, 0.05) is 12.8 Å². The second-order valence-electron chi connectivity index (χ2n) is 12.6. The Bertz CT molecular complexity index is 920. The molecule has 11 heteroatoms. The number of unbranched alkanes of at least 4 members (excludes halogenated alkanes) is 15. The van der Waals surface area contributed by atoms with Gasteiger partial charge in [0.25, 0.3) is 0 Å². The minimum Gasteiger partial charge on any atom is -0.462 e. The Morgan fingerprint density at radius 1 is 0.612 bits per heavy atom. The van der Waals surface area contributed by atoms with Gasteiger partial charge in [-0.05, 0) is 64.2 Å². The SMILES string of the molecule is CCCC/C=C/CCCCCCCC(=O)OC[C@H](COP(=O)(O)OC[C@@H](O)CO)OC(=O)CCCCCCC/C=C/C/C=C/CCCCC. The quantitative estimate of drug-likeness (QED) is 0.0251. The maximum Gasteiger partial charge on any atom is 0.472 e. The molecule has 0 radical (unpaired) electrons. The number of aliphatic hydroxyl groups is 2. The molecular weight excluding hydrogens is 647 g/mol. The lowest BCUT2D eigenvalue weighted by Gasteiger charge is -2.20. The van der Waals surface area contributed by atoms with Crippen LogP contribution in [0.1, 0.15) is 155 Å². The number of hydrogen-bond donors (Lipinski definition) is 3. The first-order valence-electron chi connectivity index (χ1n) is 18.9. The first kappa shape index (κ1) is 47.2. The number of aliphatic hydroxyl groups excluding tert-OH is 2. The van der Waals surface area contributed by atoms with E-state index in [0.717, 1.165) is 83.5 Å². The van der Waals surface area contributed by atoms with Gasteiger partial charge in [-0.2, -0.15) is 0 Å². The van der Waals surface area contributed by atoms with E-state index in [-0.39, 0.29) is 19.4 Å². The number of esters is 2. The average Bonchev–Trinajstić information content (AvgIpc) is 3.09. The molecule has 3 atom stereocenters. The number of rotatable bonds is 35. The molecule has 0 aliphatic heterocycles. The van der Waals surface area contributed by atoms with Gasteiger partial charge in [0.15, 0.2) is 6.10 Å². The Morgan fingerprint density at radius 3 is 1.65 bits per heavy atom. The number of carbonyl (C=O) groups excluding carboxylic acids is 2.